The lowest BCUT2D eigenvalue weighted by Gasteiger charge is -2.16. The van der Waals surface area contributed by atoms with Crippen molar-refractivity contribution in [2.45, 2.75) is 13.3 Å². The van der Waals surface area contributed by atoms with Crippen molar-refractivity contribution in [2.75, 3.05) is 16.8 Å². The highest BCUT2D eigenvalue weighted by atomic mass is 19.1. The highest BCUT2D eigenvalue weighted by Crippen LogP contribution is 2.27. The van der Waals surface area contributed by atoms with Crippen molar-refractivity contribution in [3.8, 4) is 0 Å². The minimum absolute atomic E-state index is 0.0250. The minimum atomic E-state index is -0.590. The Morgan fingerprint density at radius 2 is 1.96 bits per heavy atom. The molecule has 26 heavy (non-hydrogen) atoms. The first-order valence-electron chi connectivity index (χ1n) is 7.97. The highest BCUT2D eigenvalue weighted by Gasteiger charge is 2.35. The molecule has 2 aromatic rings. The van der Waals surface area contributed by atoms with Crippen molar-refractivity contribution in [1.29, 1.82) is 0 Å². The van der Waals surface area contributed by atoms with Gasteiger partial charge in [0.25, 0.3) is 5.69 Å². The van der Waals surface area contributed by atoms with Crippen LogP contribution in [0.25, 0.3) is 0 Å². The number of nitrogens with zero attached hydrogens (tertiary/aromatic N) is 2. The van der Waals surface area contributed by atoms with Crippen LogP contribution < -0.4 is 10.2 Å². The number of benzene rings is 2. The van der Waals surface area contributed by atoms with E-state index in [-0.39, 0.29) is 30.5 Å². The largest absolute Gasteiger partial charge is 0.326 e. The standard InChI is InChI=1S/C18H16FN3O4/c1-11-2-5-14(9-16(11)22(25)26)20-18(24)12-8-17(23)21(10-12)15-6-3-13(19)4-7-15/h2-7,9,12H,8,10H2,1H3,(H,20,24)/t12-/m1/s1. The molecule has 0 spiro atoms. The average molecular weight is 357 g/mol. The molecule has 1 aliphatic rings. The van der Waals surface area contributed by atoms with E-state index in [1.165, 1.54) is 35.2 Å². The van der Waals surface area contributed by atoms with Gasteiger partial charge in [0.2, 0.25) is 11.8 Å². The van der Waals surface area contributed by atoms with Crippen LogP contribution in [0.2, 0.25) is 0 Å². The van der Waals surface area contributed by atoms with Crippen LogP contribution in [0.3, 0.4) is 0 Å². The Balaban J connectivity index is 1.71. The quantitative estimate of drug-likeness (QED) is 0.672. The van der Waals surface area contributed by atoms with Gasteiger partial charge in [0.05, 0.1) is 10.8 Å². The van der Waals surface area contributed by atoms with Crippen molar-refractivity contribution in [3.05, 3.63) is 64.0 Å². The molecule has 3 rings (SSSR count). The van der Waals surface area contributed by atoms with Gasteiger partial charge in [-0.25, -0.2) is 4.39 Å². The van der Waals surface area contributed by atoms with E-state index in [0.29, 0.717) is 16.9 Å². The topological polar surface area (TPSA) is 92.6 Å². The van der Waals surface area contributed by atoms with Crippen LogP contribution in [0.4, 0.5) is 21.5 Å². The predicted octanol–water partition coefficient (Wildman–Crippen LogP) is 3.03. The lowest BCUT2D eigenvalue weighted by molar-refractivity contribution is -0.385. The summed E-state index contributed by atoms with van der Waals surface area (Å²) in [7, 11) is 0. The van der Waals surface area contributed by atoms with Crippen molar-refractivity contribution >= 4 is 28.9 Å². The molecule has 1 fully saturated rings. The van der Waals surface area contributed by atoms with Crippen molar-refractivity contribution < 1.29 is 18.9 Å². The Kier molecular flexibility index (Phi) is 4.66. The summed E-state index contributed by atoms with van der Waals surface area (Å²) in [5.74, 6) is -1.61. The molecule has 1 N–H and O–H groups in total. The maximum atomic E-state index is 13.0. The molecule has 0 bridgehead atoms. The molecule has 0 aromatic heterocycles. The Hall–Kier alpha value is -3.29. The summed E-state index contributed by atoms with van der Waals surface area (Å²) in [6, 6.07) is 9.89. The van der Waals surface area contributed by atoms with E-state index in [4.69, 9.17) is 0 Å². The van der Waals surface area contributed by atoms with Gasteiger partial charge >= 0.3 is 0 Å². The Bertz CT molecular complexity index is 883. The summed E-state index contributed by atoms with van der Waals surface area (Å²) in [6.07, 6.45) is 0.0250. The Morgan fingerprint density at radius 1 is 1.27 bits per heavy atom. The van der Waals surface area contributed by atoms with Gasteiger partial charge in [-0.05, 0) is 37.3 Å². The number of hydrogen-bond donors (Lipinski definition) is 1. The van der Waals surface area contributed by atoms with Crippen molar-refractivity contribution in [2.24, 2.45) is 5.92 Å². The van der Waals surface area contributed by atoms with Crippen LogP contribution in [0, 0.1) is 28.8 Å². The first kappa shape index (κ1) is 17.5. The maximum absolute atomic E-state index is 13.0. The SMILES string of the molecule is Cc1ccc(NC(=O)[C@@H]2CC(=O)N(c3ccc(F)cc3)C2)cc1[N+](=O)[O-]. The van der Waals surface area contributed by atoms with Gasteiger partial charge in [-0.2, -0.15) is 0 Å². The van der Waals surface area contributed by atoms with E-state index in [1.807, 2.05) is 0 Å². The van der Waals surface area contributed by atoms with E-state index in [0.717, 1.165) is 0 Å². The molecule has 0 unspecified atom stereocenters. The van der Waals surface area contributed by atoms with Crippen LogP contribution in [0.5, 0.6) is 0 Å². The molecule has 2 aromatic carbocycles. The molecule has 0 radical (unpaired) electrons. The lowest BCUT2D eigenvalue weighted by Crippen LogP contribution is -2.28. The van der Waals surface area contributed by atoms with Crippen molar-refractivity contribution in [1.82, 2.24) is 0 Å². The number of nitro benzene ring substituents is 1. The number of rotatable bonds is 4. The second-order valence-electron chi connectivity index (χ2n) is 6.13. The first-order valence-corrected chi connectivity index (χ1v) is 7.97. The first-order chi connectivity index (χ1) is 12.3. The van der Waals surface area contributed by atoms with Gasteiger partial charge in [0.15, 0.2) is 0 Å². The number of halogens is 1. The van der Waals surface area contributed by atoms with Crippen LogP contribution in [0.15, 0.2) is 42.5 Å². The Morgan fingerprint density at radius 3 is 2.62 bits per heavy atom. The van der Waals surface area contributed by atoms with Crippen molar-refractivity contribution in [3.63, 3.8) is 0 Å². The average Bonchev–Trinajstić information content (AvgIpc) is 2.99. The number of carbonyl (C=O) groups is 2. The summed E-state index contributed by atoms with van der Waals surface area (Å²) in [4.78, 5) is 36.5. The smallest absolute Gasteiger partial charge is 0.274 e. The van der Waals surface area contributed by atoms with Gasteiger partial charge in [-0.1, -0.05) is 6.07 Å². The van der Waals surface area contributed by atoms with Crippen LogP contribution in [-0.4, -0.2) is 23.3 Å². The van der Waals surface area contributed by atoms with E-state index in [2.05, 4.69) is 5.32 Å². The second-order valence-corrected chi connectivity index (χ2v) is 6.13. The third-order valence-corrected chi connectivity index (χ3v) is 4.31. The van der Waals surface area contributed by atoms with E-state index < -0.39 is 16.7 Å². The number of amides is 2. The fourth-order valence-electron chi connectivity index (χ4n) is 2.88. The number of carbonyl (C=O) groups excluding carboxylic acids is 2. The number of nitro groups is 1. The van der Waals surface area contributed by atoms with Gasteiger partial charge in [-0.3, -0.25) is 19.7 Å². The lowest BCUT2D eigenvalue weighted by atomic mass is 10.1. The molecule has 1 saturated heterocycles. The molecule has 134 valence electrons. The molecule has 7 nitrogen and oxygen atoms in total. The monoisotopic (exact) mass is 357 g/mol. The molecular weight excluding hydrogens is 341 g/mol. The Labute approximate surface area is 148 Å². The van der Waals surface area contributed by atoms with E-state index in [1.54, 1.807) is 19.1 Å². The molecule has 1 atom stereocenters. The van der Waals surface area contributed by atoms with E-state index >= 15 is 0 Å². The molecule has 1 heterocycles. The second kappa shape index (κ2) is 6.91. The van der Waals surface area contributed by atoms with Crippen LogP contribution in [0.1, 0.15) is 12.0 Å². The van der Waals surface area contributed by atoms with E-state index in [9.17, 15) is 24.1 Å². The third kappa shape index (κ3) is 3.53. The van der Waals surface area contributed by atoms with Crippen LogP contribution >= 0.6 is 0 Å². The summed E-state index contributed by atoms with van der Waals surface area (Å²) in [5.41, 5.74) is 1.24. The summed E-state index contributed by atoms with van der Waals surface area (Å²) in [6.45, 7) is 1.78. The fourth-order valence-corrected chi connectivity index (χ4v) is 2.88. The number of hydrogen-bond acceptors (Lipinski definition) is 4. The highest BCUT2D eigenvalue weighted by molar-refractivity contribution is 6.03. The molecule has 2 amide bonds. The zero-order valence-electron chi connectivity index (χ0n) is 13.9. The molecule has 0 aliphatic carbocycles. The summed E-state index contributed by atoms with van der Waals surface area (Å²) < 4.78 is 13.0. The molecule has 1 aliphatic heterocycles. The number of aryl methyl sites for hydroxylation is 1. The summed E-state index contributed by atoms with van der Waals surface area (Å²) >= 11 is 0. The number of anilines is 2. The molecule has 0 saturated carbocycles. The summed E-state index contributed by atoms with van der Waals surface area (Å²) in [5, 5.41) is 13.6. The zero-order chi connectivity index (χ0) is 18.8. The fraction of sp³-hybridized carbons (Fsp3) is 0.222. The number of nitrogens with one attached hydrogen (secondary N) is 1. The van der Waals surface area contributed by atoms with Gasteiger partial charge in [0.1, 0.15) is 5.82 Å². The maximum Gasteiger partial charge on any atom is 0.274 e. The normalized spacial score (nSPS) is 16.6. The zero-order valence-corrected chi connectivity index (χ0v) is 13.9. The molecule has 8 heteroatoms. The third-order valence-electron chi connectivity index (χ3n) is 4.31. The van der Waals surface area contributed by atoms with Gasteiger partial charge < -0.3 is 10.2 Å². The van der Waals surface area contributed by atoms with Gasteiger partial charge in [-0.15, -0.1) is 0 Å². The predicted molar refractivity (Wildman–Crippen MR) is 93.3 cm³/mol. The van der Waals surface area contributed by atoms with Gasteiger partial charge in [0, 0.05) is 36.0 Å². The minimum Gasteiger partial charge on any atom is -0.326 e. The molecular formula is C18H16FN3O4. The van der Waals surface area contributed by atoms with Crippen LogP contribution in [-0.2, 0) is 9.59 Å².